The summed E-state index contributed by atoms with van der Waals surface area (Å²) in [7, 11) is 1.85. The Morgan fingerprint density at radius 2 is 1.94 bits per heavy atom. The van der Waals surface area contributed by atoms with Crippen molar-refractivity contribution in [2.75, 3.05) is 0 Å². The molecular formula is C13H11NO3. The van der Waals surface area contributed by atoms with Crippen LogP contribution >= 0.6 is 0 Å². The lowest BCUT2D eigenvalue weighted by molar-refractivity contribution is -0.131. The summed E-state index contributed by atoms with van der Waals surface area (Å²) in [4.78, 5) is 22.2. The minimum absolute atomic E-state index is 0.302. The minimum atomic E-state index is -1.13. The average Bonchev–Trinajstić information content (AvgIpc) is 2.65. The summed E-state index contributed by atoms with van der Waals surface area (Å²) < 4.78 is 1.84. The Bertz CT molecular complexity index is 623. The first-order chi connectivity index (χ1) is 8.09. The molecule has 0 atom stereocenters. The maximum Gasteiger partial charge on any atom is 0.328 e. The topological polar surface area (TPSA) is 59.3 Å². The molecule has 1 heterocycles. The molecule has 0 saturated carbocycles. The molecule has 17 heavy (non-hydrogen) atoms. The van der Waals surface area contributed by atoms with E-state index in [0.29, 0.717) is 5.56 Å². The average molecular weight is 229 g/mol. The van der Waals surface area contributed by atoms with Crippen molar-refractivity contribution < 1.29 is 14.7 Å². The Morgan fingerprint density at radius 3 is 2.65 bits per heavy atom. The maximum absolute atomic E-state index is 11.8. The van der Waals surface area contributed by atoms with Gasteiger partial charge >= 0.3 is 5.97 Å². The highest BCUT2D eigenvalue weighted by molar-refractivity contribution is 6.14. The molecule has 0 aliphatic heterocycles. The van der Waals surface area contributed by atoms with E-state index < -0.39 is 5.97 Å². The van der Waals surface area contributed by atoms with Gasteiger partial charge in [-0.15, -0.1) is 0 Å². The van der Waals surface area contributed by atoms with Crippen LogP contribution in [0.5, 0.6) is 0 Å². The highest BCUT2D eigenvalue weighted by Crippen LogP contribution is 2.20. The molecule has 2 rings (SSSR count). The van der Waals surface area contributed by atoms with Gasteiger partial charge in [-0.2, -0.15) is 0 Å². The van der Waals surface area contributed by atoms with Crippen LogP contribution in [0, 0.1) is 0 Å². The minimum Gasteiger partial charge on any atom is -0.478 e. The van der Waals surface area contributed by atoms with Gasteiger partial charge in [-0.3, -0.25) is 4.79 Å². The Balaban J connectivity index is 2.49. The van der Waals surface area contributed by atoms with Crippen molar-refractivity contribution in [3.05, 3.63) is 48.2 Å². The first-order valence-corrected chi connectivity index (χ1v) is 5.09. The van der Waals surface area contributed by atoms with Gasteiger partial charge in [0.1, 0.15) is 0 Å². The van der Waals surface area contributed by atoms with Crippen molar-refractivity contribution in [3.8, 4) is 0 Å². The van der Waals surface area contributed by atoms with Crippen LogP contribution in [0.3, 0.4) is 0 Å². The van der Waals surface area contributed by atoms with Crippen LogP contribution in [0.4, 0.5) is 0 Å². The zero-order chi connectivity index (χ0) is 12.4. The monoisotopic (exact) mass is 229 g/mol. The van der Waals surface area contributed by atoms with E-state index in [0.717, 1.165) is 23.1 Å². The second-order valence-electron chi connectivity index (χ2n) is 3.71. The van der Waals surface area contributed by atoms with Gasteiger partial charge in [0.15, 0.2) is 5.78 Å². The van der Waals surface area contributed by atoms with Gasteiger partial charge in [-0.05, 0) is 12.1 Å². The molecule has 0 unspecified atom stereocenters. The number of aryl methyl sites for hydroxylation is 1. The van der Waals surface area contributed by atoms with E-state index in [4.69, 9.17) is 5.11 Å². The van der Waals surface area contributed by atoms with E-state index in [-0.39, 0.29) is 5.78 Å². The number of para-hydroxylation sites is 1. The third kappa shape index (κ3) is 2.10. The number of hydrogen-bond acceptors (Lipinski definition) is 2. The summed E-state index contributed by atoms with van der Waals surface area (Å²) in [6.07, 6.45) is 3.63. The predicted molar refractivity (Wildman–Crippen MR) is 64.0 cm³/mol. The standard InChI is InChI=1S/C13H11NO3/c1-14-8-10(12(15)6-7-13(16)17)9-4-2-3-5-11(9)14/h2-8H,1H3,(H,16,17)/b7-6+. The largest absolute Gasteiger partial charge is 0.478 e. The number of carboxylic acids is 1. The zero-order valence-electron chi connectivity index (χ0n) is 9.25. The Morgan fingerprint density at radius 1 is 1.24 bits per heavy atom. The summed E-state index contributed by atoms with van der Waals surface area (Å²) in [5.74, 6) is -1.43. The zero-order valence-corrected chi connectivity index (χ0v) is 9.25. The summed E-state index contributed by atoms with van der Waals surface area (Å²) >= 11 is 0. The molecular weight excluding hydrogens is 218 g/mol. The van der Waals surface area contributed by atoms with Crippen LogP contribution in [-0.2, 0) is 11.8 Å². The van der Waals surface area contributed by atoms with Gasteiger partial charge in [0.05, 0.1) is 0 Å². The summed E-state index contributed by atoms with van der Waals surface area (Å²) in [6, 6.07) is 7.49. The van der Waals surface area contributed by atoms with E-state index in [2.05, 4.69) is 0 Å². The molecule has 0 aliphatic rings. The third-order valence-electron chi connectivity index (χ3n) is 2.54. The number of aromatic nitrogens is 1. The number of ketones is 1. The molecule has 0 radical (unpaired) electrons. The smallest absolute Gasteiger partial charge is 0.328 e. The van der Waals surface area contributed by atoms with Crippen molar-refractivity contribution in [3.63, 3.8) is 0 Å². The number of allylic oxidation sites excluding steroid dienone is 1. The lowest BCUT2D eigenvalue weighted by atomic mass is 10.1. The van der Waals surface area contributed by atoms with Crippen LogP contribution in [-0.4, -0.2) is 21.4 Å². The van der Waals surface area contributed by atoms with Gasteiger partial charge in [0.25, 0.3) is 0 Å². The number of aliphatic carboxylic acids is 1. The summed E-state index contributed by atoms with van der Waals surface area (Å²) in [6.45, 7) is 0. The van der Waals surface area contributed by atoms with Crippen molar-refractivity contribution in [1.82, 2.24) is 4.57 Å². The number of carbonyl (C=O) groups excluding carboxylic acids is 1. The van der Waals surface area contributed by atoms with E-state index in [1.54, 1.807) is 6.20 Å². The fourth-order valence-electron chi connectivity index (χ4n) is 1.77. The third-order valence-corrected chi connectivity index (χ3v) is 2.54. The molecule has 0 saturated heterocycles. The number of benzene rings is 1. The molecule has 0 spiro atoms. The van der Waals surface area contributed by atoms with Gasteiger partial charge in [0.2, 0.25) is 0 Å². The molecule has 0 bridgehead atoms. The summed E-state index contributed by atoms with van der Waals surface area (Å²) in [5, 5.41) is 9.31. The first-order valence-electron chi connectivity index (χ1n) is 5.09. The number of carboxylic acid groups (broad SMARTS) is 1. The molecule has 0 aliphatic carbocycles. The highest BCUT2D eigenvalue weighted by atomic mass is 16.4. The molecule has 2 aromatic rings. The second kappa shape index (κ2) is 4.25. The van der Waals surface area contributed by atoms with Crippen LogP contribution in [0.2, 0.25) is 0 Å². The fourth-order valence-corrected chi connectivity index (χ4v) is 1.77. The normalized spacial score (nSPS) is 11.1. The van der Waals surface area contributed by atoms with Crippen molar-refractivity contribution >= 4 is 22.7 Å². The molecule has 4 heteroatoms. The predicted octanol–water partition coefficient (Wildman–Crippen LogP) is 2.00. The number of nitrogens with zero attached hydrogens (tertiary/aromatic N) is 1. The highest BCUT2D eigenvalue weighted by Gasteiger charge is 2.11. The Labute approximate surface area is 97.8 Å². The summed E-state index contributed by atoms with van der Waals surface area (Å²) in [5.41, 5.74) is 1.46. The fraction of sp³-hybridized carbons (Fsp3) is 0.0769. The van der Waals surface area contributed by atoms with Crippen LogP contribution in [0.1, 0.15) is 10.4 Å². The van der Waals surface area contributed by atoms with Crippen molar-refractivity contribution in [2.24, 2.45) is 7.05 Å². The lowest BCUT2D eigenvalue weighted by Gasteiger charge is -1.93. The number of fused-ring (bicyclic) bond motifs is 1. The van der Waals surface area contributed by atoms with Crippen LogP contribution in [0.25, 0.3) is 10.9 Å². The van der Waals surface area contributed by atoms with Crippen LogP contribution < -0.4 is 0 Å². The molecule has 86 valence electrons. The lowest BCUT2D eigenvalue weighted by Crippen LogP contribution is -1.95. The quantitative estimate of drug-likeness (QED) is 0.646. The molecule has 4 nitrogen and oxygen atoms in total. The molecule has 0 fully saturated rings. The number of carbonyl (C=O) groups is 2. The van der Waals surface area contributed by atoms with Gasteiger partial charge in [0, 0.05) is 35.8 Å². The second-order valence-corrected chi connectivity index (χ2v) is 3.71. The SMILES string of the molecule is Cn1cc(C(=O)/C=C/C(=O)O)c2ccccc21. The maximum atomic E-state index is 11.8. The number of rotatable bonds is 3. The Hall–Kier alpha value is -2.36. The number of hydrogen-bond donors (Lipinski definition) is 1. The van der Waals surface area contributed by atoms with Gasteiger partial charge < -0.3 is 9.67 Å². The first kappa shape index (κ1) is 11.1. The van der Waals surface area contributed by atoms with E-state index in [1.807, 2.05) is 35.9 Å². The Kier molecular flexibility index (Phi) is 2.78. The van der Waals surface area contributed by atoms with E-state index in [9.17, 15) is 9.59 Å². The van der Waals surface area contributed by atoms with Gasteiger partial charge in [-0.25, -0.2) is 4.79 Å². The van der Waals surface area contributed by atoms with E-state index >= 15 is 0 Å². The van der Waals surface area contributed by atoms with Gasteiger partial charge in [-0.1, -0.05) is 18.2 Å². The van der Waals surface area contributed by atoms with Crippen molar-refractivity contribution in [2.45, 2.75) is 0 Å². The molecule has 1 N–H and O–H groups in total. The van der Waals surface area contributed by atoms with Crippen molar-refractivity contribution in [1.29, 1.82) is 0 Å². The molecule has 0 amide bonds. The molecule has 1 aromatic heterocycles. The van der Waals surface area contributed by atoms with Crippen LogP contribution in [0.15, 0.2) is 42.6 Å². The molecule has 1 aromatic carbocycles. The van der Waals surface area contributed by atoms with E-state index in [1.165, 1.54) is 0 Å².